The van der Waals surface area contributed by atoms with Gasteiger partial charge in [-0.25, -0.2) is 9.97 Å². The number of anilines is 1. The third-order valence-corrected chi connectivity index (χ3v) is 3.76. The molecule has 1 amide bonds. The van der Waals surface area contributed by atoms with Crippen LogP contribution < -0.4 is 10.6 Å². The molecule has 2 rings (SSSR count). The Kier molecular flexibility index (Phi) is 7.16. The number of halogens is 1. The summed E-state index contributed by atoms with van der Waals surface area (Å²) < 4.78 is 0. The van der Waals surface area contributed by atoms with Crippen LogP contribution in [0.5, 0.6) is 0 Å². The smallest absolute Gasteiger partial charge is 0.270 e. The highest BCUT2D eigenvalue weighted by molar-refractivity contribution is 6.30. The van der Waals surface area contributed by atoms with Gasteiger partial charge in [0, 0.05) is 30.7 Å². The molecule has 0 spiro atoms. The number of likely N-dealkylation sites (N-methyl/N-ethyl adjacent to an activating group) is 1. The van der Waals surface area contributed by atoms with Crippen LogP contribution in [0.15, 0.2) is 30.3 Å². The average molecular weight is 362 g/mol. The molecule has 0 aliphatic heterocycles. The number of carbonyl (C=O) groups is 1. The van der Waals surface area contributed by atoms with Gasteiger partial charge >= 0.3 is 0 Å². The molecule has 2 N–H and O–H groups in total. The topological polar surface area (TPSA) is 70.2 Å². The van der Waals surface area contributed by atoms with E-state index >= 15 is 0 Å². The van der Waals surface area contributed by atoms with Crippen LogP contribution in [0.4, 0.5) is 5.82 Å². The number of benzene rings is 1. The van der Waals surface area contributed by atoms with Crippen molar-refractivity contribution >= 4 is 23.3 Å². The van der Waals surface area contributed by atoms with Crippen molar-refractivity contribution in [3.05, 3.63) is 52.4 Å². The van der Waals surface area contributed by atoms with E-state index in [9.17, 15) is 4.79 Å². The van der Waals surface area contributed by atoms with Crippen LogP contribution in [0.1, 0.15) is 21.9 Å². The third kappa shape index (κ3) is 6.68. The first-order valence-electron chi connectivity index (χ1n) is 8.21. The maximum absolute atomic E-state index is 12.3. The van der Waals surface area contributed by atoms with Crippen molar-refractivity contribution in [3.8, 4) is 0 Å². The molecule has 25 heavy (non-hydrogen) atoms. The molecule has 1 aromatic carbocycles. The molecule has 1 heterocycles. The third-order valence-electron chi connectivity index (χ3n) is 3.52. The van der Waals surface area contributed by atoms with E-state index < -0.39 is 0 Å². The highest BCUT2D eigenvalue weighted by Gasteiger charge is 2.10. The monoisotopic (exact) mass is 361 g/mol. The Bertz CT molecular complexity index is 720. The van der Waals surface area contributed by atoms with Crippen molar-refractivity contribution in [1.29, 1.82) is 0 Å². The molecule has 0 unspecified atom stereocenters. The van der Waals surface area contributed by atoms with E-state index in [0.717, 1.165) is 18.7 Å². The van der Waals surface area contributed by atoms with E-state index in [2.05, 4.69) is 25.5 Å². The maximum atomic E-state index is 12.3. The number of hydrogen-bond acceptors (Lipinski definition) is 5. The normalized spacial score (nSPS) is 10.8. The Labute approximate surface area is 153 Å². The van der Waals surface area contributed by atoms with Crippen molar-refractivity contribution in [3.63, 3.8) is 0 Å². The summed E-state index contributed by atoms with van der Waals surface area (Å²) in [5.74, 6) is 1.02. The lowest BCUT2D eigenvalue weighted by Gasteiger charge is -2.12. The van der Waals surface area contributed by atoms with E-state index in [1.165, 1.54) is 0 Å². The minimum absolute atomic E-state index is 0.205. The molecule has 0 aliphatic carbocycles. The van der Waals surface area contributed by atoms with Gasteiger partial charge in [0.25, 0.3) is 5.91 Å². The first-order chi connectivity index (χ1) is 11.9. The van der Waals surface area contributed by atoms with Crippen LogP contribution >= 0.6 is 11.6 Å². The molecule has 0 atom stereocenters. The molecule has 2 aromatic rings. The molecule has 7 heteroatoms. The van der Waals surface area contributed by atoms with E-state index in [1.54, 1.807) is 13.0 Å². The standard InChI is InChI=1S/C18H24ClN5O/c1-13-22-16(12-17(23-13)20-9-10-24(2)3)18(25)21-8-7-14-5-4-6-15(19)11-14/h4-6,11-12H,7-10H2,1-3H3,(H,21,25)(H,20,22,23). The van der Waals surface area contributed by atoms with E-state index in [4.69, 9.17) is 11.6 Å². The van der Waals surface area contributed by atoms with Crippen LogP contribution in [-0.4, -0.2) is 54.5 Å². The lowest BCUT2D eigenvalue weighted by molar-refractivity contribution is 0.0949. The summed E-state index contributed by atoms with van der Waals surface area (Å²) in [6, 6.07) is 9.30. The van der Waals surface area contributed by atoms with Gasteiger partial charge in [0.15, 0.2) is 0 Å². The lowest BCUT2D eigenvalue weighted by atomic mass is 10.1. The van der Waals surface area contributed by atoms with E-state index in [0.29, 0.717) is 35.3 Å². The quantitative estimate of drug-likeness (QED) is 0.755. The molecule has 0 aliphatic rings. The molecule has 1 aromatic heterocycles. The van der Waals surface area contributed by atoms with Crippen molar-refractivity contribution < 1.29 is 4.79 Å². The fourth-order valence-electron chi connectivity index (χ4n) is 2.29. The Balaban J connectivity index is 1.90. The fraction of sp³-hybridized carbons (Fsp3) is 0.389. The van der Waals surface area contributed by atoms with Crippen LogP contribution in [0.3, 0.4) is 0 Å². The second kappa shape index (κ2) is 9.34. The highest BCUT2D eigenvalue weighted by atomic mass is 35.5. The van der Waals surface area contributed by atoms with Crippen LogP contribution in [-0.2, 0) is 6.42 Å². The molecule has 6 nitrogen and oxygen atoms in total. The molecular weight excluding hydrogens is 338 g/mol. The first-order valence-corrected chi connectivity index (χ1v) is 8.59. The first kappa shape index (κ1) is 19.1. The molecule has 0 bridgehead atoms. The number of nitrogens with one attached hydrogen (secondary N) is 2. The van der Waals surface area contributed by atoms with Crippen molar-refractivity contribution in [2.75, 3.05) is 39.0 Å². The number of nitrogens with zero attached hydrogens (tertiary/aromatic N) is 3. The van der Waals surface area contributed by atoms with Gasteiger partial charge in [-0.3, -0.25) is 4.79 Å². The molecular formula is C18H24ClN5O. The zero-order valence-electron chi connectivity index (χ0n) is 14.8. The van der Waals surface area contributed by atoms with Gasteiger partial charge in [0.2, 0.25) is 0 Å². The number of hydrogen-bond donors (Lipinski definition) is 2. The van der Waals surface area contributed by atoms with Gasteiger partial charge in [-0.2, -0.15) is 0 Å². The number of aryl methyl sites for hydroxylation is 1. The van der Waals surface area contributed by atoms with Gasteiger partial charge in [-0.15, -0.1) is 0 Å². The number of aromatic nitrogens is 2. The molecule has 0 saturated carbocycles. The van der Waals surface area contributed by atoms with Gasteiger partial charge in [0.1, 0.15) is 17.3 Å². The van der Waals surface area contributed by atoms with Crippen molar-refractivity contribution in [2.45, 2.75) is 13.3 Å². The number of carbonyl (C=O) groups excluding carboxylic acids is 1. The number of amides is 1. The average Bonchev–Trinajstić information content (AvgIpc) is 2.54. The van der Waals surface area contributed by atoms with Crippen LogP contribution in [0.2, 0.25) is 5.02 Å². The lowest BCUT2D eigenvalue weighted by Crippen LogP contribution is -2.27. The summed E-state index contributed by atoms with van der Waals surface area (Å²) in [5, 5.41) is 6.80. The Hall–Kier alpha value is -2.18. The van der Waals surface area contributed by atoms with Gasteiger partial charge in [-0.1, -0.05) is 23.7 Å². The van der Waals surface area contributed by atoms with Gasteiger partial charge in [0.05, 0.1) is 0 Å². The summed E-state index contributed by atoms with van der Waals surface area (Å²) in [5.41, 5.74) is 1.45. The zero-order chi connectivity index (χ0) is 18.2. The maximum Gasteiger partial charge on any atom is 0.270 e. The van der Waals surface area contributed by atoms with Gasteiger partial charge < -0.3 is 15.5 Å². The minimum atomic E-state index is -0.205. The predicted molar refractivity (Wildman–Crippen MR) is 101 cm³/mol. The molecule has 0 fully saturated rings. The number of rotatable bonds is 8. The van der Waals surface area contributed by atoms with Crippen molar-refractivity contribution in [2.24, 2.45) is 0 Å². The summed E-state index contributed by atoms with van der Waals surface area (Å²) in [7, 11) is 4.01. The molecule has 0 saturated heterocycles. The summed E-state index contributed by atoms with van der Waals surface area (Å²) in [4.78, 5) is 22.9. The van der Waals surface area contributed by atoms with E-state index in [1.807, 2.05) is 38.4 Å². The molecule has 0 radical (unpaired) electrons. The fourth-order valence-corrected chi connectivity index (χ4v) is 2.50. The molecule has 134 valence electrons. The largest absolute Gasteiger partial charge is 0.369 e. The highest BCUT2D eigenvalue weighted by Crippen LogP contribution is 2.11. The Morgan fingerprint density at radius 3 is 2.72 bits per heavy atom. The van der Waals surface area contributed by atoms with E-state index in [-0.39, 0.29) is 5.91 Å². The minimum Gasteiger partial charge on any atom is -0.369 e. The summed E-state index contributed by atoms with van der Waals surface area (Å²) >= 11 is 5.96. The SMILES string of the molecule is Cc1nc(NCCN(C)C)cc(C(=O)NCCc2cccc(Cl)c2)n1. The second-order valence-electron chi connectivity index (χ2n) is 6.05. The second-order valence-corrected chi connectivity index (χ2v) is 6.49. The van der Waals surface area contributed by atoms with Gasteiger partial charge in [-0.05, 0) is 45.1 Å². The van der Waals surface area contributed by atoms with Crippen molar-refractivity contribution in [1.82, 2.24) is 20.2 Å². The van der Waals surface area contributed by atoms with Crippen LogP contribution in [0.25, 0.3) is 0 Å². The summed E-state index contributed by atoms with van der Waals surface area (Å²) in [6.45, 7) is 3.93. The predicted octanol–water partition coefficient (Wildman–Crippen LogP) is 2.38. The Morgan fingerprint density at radius 1 is 1.20 bits per heavy atom. The summed E-state index contributed by atoms with van der Waals surface area (Å²) in [6.07, 6.45) is 0.713. The zero-order valence-corrected chi connectivity index (χ0v) is 15.6. The Morgan fingerprint density at radius 2 is 2.00 bits per heavy atom. The van der Waals surface area contributed by atoms with Crippen LogP contribution in [0, 0.1) is 6.92 Å².